The SMILES string of the molecule is FC(F)(F)c1cc(Cl)ccc1Nc1cnnc(NC2CCCCCC2)n1. The summed E-state index contributed by atoms with van der Waals surface area (Å²) in [6, 6.07) is 3.80. The lowest BCUT2D eigenvalue weighted by Crippen LogP contribution is -2.20. The van der Waals surface area contributed by atoms with Crippen molar-refractivity contribution >= 4 is 29.1 Å². The smallest absolute Gasteiger partial charge is 0.350 e. The average molecular weight is 386 g/mol. The van der Waals surface area contributed by atoms with Crippen molar-refractivity contribution in [2.75, 3.05) is 10.6 Å². The molecular weight excluding hydrogens is 367 g/mol. The average Bonchev–Trinajstić information content (AvgIpc) is 2.85. The van der Waals surface area contributed by atoms with E-state index >= 15 is 0 Å². The third kappa shape index (κ3) is 4.97. The van der Waals surface area contributed by atoms with Gasteiger partial charge >= 0.3 is 6.18 Å². The molecule has 1 heterocycles. The second-order valence-electron chi connectivity index (χ2n) is 6.31. The van der Waals surface area contributed by atoms with Crippen LogP contribution in [0.5, 0.6) is 0 Å². The van der Waals surface area contributed by atoms with Crippen LogP contribution in [0.25, 0.3) is 0 Å². The van der Waals surface area contributed by atoms with Crippen LogP contribution < -0.4 is 10.6 Å². The summed E-state index contributed by atoms with van der Waals surface area (Å²) in [4.78, 5) is 4.24. The molecule has 0 spiro atoms. The standard InChI is InChI=1S/C17H19ClF3N5/c18-11-7-8-14(13(9-11)17(19,20)21)24-15-10-22-26-16(25-15)23-12-5-3-1-2-4-6-12/h7-10,12H,1-6H2,(H2,23,24,25,26). The lowest BCUT2D eigenvalue weighted by atomic mass is 10.1. The molecule has 2 N–H and O–H groups in total. The Bertz CT molecular complexity index is 745. The molecule has 0 radical (unpaired) electrons. The van der Waals surface area contributed by atoms with Gasteiger partial charge in [-0.15, -0.1) is 5.10 Å². The van der Waals surface area contributed by atoms with Gasteiger partial charge in [0.05, 0.1) is 17.4 Å². The molecule has 9 heteroatoms. The third-order valence-electron chi connectivity index (χ3n) is 4.30. The third-order valence-corrected chi connectivity index (χ3v) is 4.53. The first-order valence-corrected chi connectivity index (χ1v) is 8.89. The van der Waals surface area contributed by atoms with Crippen LogP contribution in [0.4, 0.5) is 30.6 Å². The molecule has 0 aliphatic heterocycles. The van der Waals surface area contributed by atoms with E-state index in [1.807, 2.05) is 0 Å². The Kier molecular flexibility index (Phi) is 5.80. The molecule has 1 aliphatic rings. The molecule has 2 aromatic rings. The van der Waals surface area contributed by atoms with Gasteiger partial charge in [0, 0.05) is 11.1 Å². The number of rotatable bonds is 4. The number of hydrogen-bond acceptors (Lipinski definition) is 5. The molecule has 1 aromatic heterocycles. The van der Waals surface area contributed by atoms with Gasteiger partial charge in [-0.05, 0) is 31.0 Å². The van der Waals surface area contributed by atoms with Crippen LogP contribution in [0.15, 0.2) is 24.4 Å². The van der Waals surface area contributed by atoms with Gasteiger partial charge in [-0.2, -0.15) is 23.3 Å². The van der Waals surface area contributed by atoms with Gasteiger partial charge in [0.15, 0.2) is 5.82 Å². The van der Waals surface area contributed by atoms with Gasteiger partial charge in [-0.1, -0.05) is 37.3 Å². The van der Waals surface area contributed by atoms with Crippen LogP contribution in [0, 0.1) is 0 Å². The highest BCUT2D eigenvalue weighted by atomic mass is 35.5. The summed E-state index contributed by atoms with van der Waals surface area (Å²) in [7, 11) is 0. The molecule has 0 amide bonds. The summed E-state index contributed by atoms with van der Waals surface area (Å²) in [5.74, 6) is 0.494. The summed E-state index contributed by atoms with van der Waals surface area (Å²) >= 11 is 5.70. The predicted octanol–water partition coefficient (Wildman–Crippen LogP) is 5.42. The number of halogens is 4. The predicted molar refractivity (Wildman–Crippen MR) is 94.7 cm³/mol. The molecule has 1 fully saturated rings. The Morgan fingerprint density at radius 2 is 1.81 bits per heavy atom. The first-order chi connectivity index (χ1) is 12.4. The van der Waals surface area contributed by atoms with Crippen molar-refractivity contribution in [1.82, 2.24) is 15.2 Å². The largest absolute Gasteiger partial charge is 0.418 e. The molecule has 140 valence electrons. The fraction of sp³-hybridized carbons (Fsp3) is 0.471. The molecule has 1 aliphatic carbocycles. The number of anilines is 3. The maximum Gasteiger partial charge on any atom is 0.418 e. The van der Waals surface area contributed by atoms with E-state index in [4.69, 9.17) is 11.6 Å². The topological polar surface area (TPSA) is 62.7 Å². The van der Waals surface area contributed by atoms with Crippen molar-refractivity contribution in [1.29, 1.82) is 0 Å². The Hall–Kier alpha value is -2.09. The number of aromatic nitrogens is 3. The van der Waals surface area contributed by atoms with Crippen LogP contribution in [-0.2, 0) is 6.18 Å². The molecular formula is C17H19ClF3N5. The molecule has 0 bridgehead atoms. The highest BCUT2D eigenvalue weighted by molar-refractivity contribution is 6.30. The highest BCUT2D eigenvalue weighted by Gasteiger charge is 2.34. The van der Waals surface area contributed by atoms with E-state index in [-0.39, 0.29) is 22.6 Å². The minimum absolute atomic E-state index is 0.0133. The van der Waals surface area contributed by atoms with E-state index in [2.05, 4.69) is 25.8 Å². The van der Waals surface area contributed by atoms with E-state index in [0.717, 1.165) is 31.7 Å². The zero-order valence-corrected chi connectivity index (χ0v) is 14.7. The number of hydrogen-bond donors (Lipinski definition) is 2. The molecule has 5 nitrogen and oxygen atoms in total. The van der Waals surface area contributed by atoms with Gasteiger partial charge in [-0.3, -0.25) is 0 Å². The van der Waals surface area contributed by atoms with Crippen LogP contribution in [0.3, 0.4) is 0 Å². The van der Waals surface area contributed by atoms with E-state index in [1.54, 1.807) is 0 Å². The van der Waals surface area contributed by atoms with Crippen LogP contribution in [0.2, 0.25) is 5.02 Å². The lowest BCUT2D eigenvalue weighted by molar-refractivity contribution is -0.136. The van der Waals surface area contributed by atoms with Gasteiger partial charge in [0.1, 0.15) is 0 Å². The fourth-order valence-corrected chi connectivity index (χ4v) is 3.20. The molecule has 26 heavy (non-hydrogen) atoms. The zero-order chi connectivity index (χ0) is 18.6. The minimum Gasteiger partial charge on any atom is -0.350 e. The van der Waals surface area contributed by atoms with E-state index in [1.165, 1.54) is 31.2 Å². The molecule has 0 atom stereocenters. The lowest BCUT2D eigenvalue weighted by Gasteiger charge is -2.17. The summed E-state index contributed by atoms with van der Waals surface area (Å²) in [6.45, 7) is 0. The summed E-state index contributed by atoms with van der Waals surface area (Å²) in [5, 5.41) is 13.7. The van der Waals surface area contributed by atoms with Crippen LogP contribution in [-0.4, -0.2) is 21.2 Å². The Morgan fingerprint density at radius 3 is 2.50 bits per heavy atom. The minimum atomic E-state index is -4.53. The first-order valence-electron chi connectivity index (χ1n) is 8.52. The molecule has 1 aromatic carbocycles. The first kappa shape index (κ1) is 18.7. The summed E-state index contributed by atoms with van der Waals surface area (Å²) in [6.07, 6.45) is 3.52. The normalized spacial score (nSPS) is 16.2. The number of benzene rings is 1. The van der Waals surface area contributed by atoms with Gasteiger partial charge in [-0.25, -0.2) is 0 Å². The van der Waals surface area contributed by atoms with E-state index < -0.39 is 11.7 Å². The molecule has 3 rings (SSSR count). The van der Waals surface area contributed by atoms with Crippen molar-refractivity contribution in [2.24, 2.45) is 0 Å². The summed E-state index contributed by atoms with van der Waals surface area (Å²) in [5.41, 5.74) is -0.996. The van der Waals surface area contributed by atoms with Crippen LogP contribution in [0.1, 0.15) is 44.1 Å². The van der Waals surface area contributed by atoms with Crippen molar-refractivity contribution < 1.29 is 13.2 Å². The van der Waals surface area contributed by atoms with E-state index in [0.29, 0.717) is 5.95 Å². The van der Waals surface area contributed by atoms with Gasteiger partial charge in [0.25, 0.3) is 0 Å². The van der Waals surface area contributed by atoms with E-state index in [9.17, 15) is 13.2 Å². The fourth-order valence-electron chi connectivity index (χ4n) is 3.03. The maximum absolute atomic E-state index is 13.2. The van der Waals surface area contributed by atoms with Crippen molar-refractivity contribution in [3.63, 3.8) is 0 Å². The highest BCUT2D eigenvalue weighted by Crippen LogP contribution is 2.37. The van der Waals surface area contributed by atoms with Crippen molar-refractivity contribution in [2.45, 2.75) is 50.7 Å². The second-order valence-corrected chi connectivity index (χ2v) is 6.75. The van der Waals surface area contributed by atoms with Crippen molar-refractivity contribution in [3.8, 4) is 0 Å². The second kappa shape index (κ2) is 8.07. The quantitative estimate of drug-likeness (QED) is 0.688. The zero-order valence-electron chi connectivity index (χ0n) is 14.0. The molecule has 0 unspecified atom stereocenters. The van der Waals surface area contributed by atoms with Crippen molar-refractivity contribution in [3.05, 3.63) is 35.0 Å². The van der Waals surface area contributed by atoms with Gasteiger partial charge < -0.3 is 10.6 Å². The summed E-state index contributed by atoms with van der Waals surface area (Å²) < 4.78 is 39.6. The molecule has 0 saturated heterocycles. The number of nitrogens with one attached hydrogen (secondary N) is 2. The number of alkyl halides is 3. The Morgan fingerprint density at radius 1 is 1.08 bits per heavy atom. The van der Waals surface area contributed by atoms with Crippen LogP contribution >= 0.6 is 11.6 Å². The maximum atomic E-state index is 13.2. The Balaban J connectivity index is 1.77. The molecule has 1 saturated carbocycles. The van der Waals surface area contributed by atoms with Gasteiger partial charge in [0.2, 0.25) is 5.95 Å². The number of nitrogens with zero attached hydrogens (tertiary/aromatic N) is 3. The Labute approximate surface area is 154 Å². The monoisotopic (exact) mass is 385 g/mol.